The van der Waals surface area contributed by atoms with Crippen LogP contribution in [-0.2, 0) is 30.6 Å². The van der Waals surface area contributed by atoms with E-state index in [1.54, 1.807) is 11.3 Å². The van der Waals surface area contributed by atoms with Crippen LogP contribution in [-0.4, -0.2) is 20.9 Å². The van der Waals surface area contributed by atoms with Crippen molar-refractivity contribution in [3.05, 3.63) is 39.4 Å². The van der Waals surface area contributed by atoms with Crippen molar-refractivity contribution in [1.82, 2.24) is 20.3 Å². The first kappa shape index (κ1) is 14.1. The van der Waals surface area contributed by atoms with Gasteiger partial charge in [0.15, 0.2) is 0 Å². The van der Waals surface area contributed by atoms with Crippen LogP contribution in [0.4, 0.5) is 0 Å². The van der Waals surface area contributed by atoms with Crippen LogP contribution in [0.3, 0.4) is 0 Å². The summed E-state index contributed by atoms with van der Waals surface area (Å²) in [6, 6.07) is 0. The molecular formula is C15H18N4OS. The molecule has 0 atom stereocenters. The Morgan fingerprint density at radius 3 is 3.10 bits per heavy atom. The zero-order valence-corrected chi connectivity index (χ0v) is 12.9. The minimum Gasteiger partial charge on any atom is -0.349 e. The van der Waals surface area contributed by atoms with E-state index in [0.717, 1.165) is 37.1 Å². The first-order valence-electron chi connectivity index (χ1n) is 7.21. The van der Waals surface area contributed by atoms with Gasteiger partial charge in [-0.1, -0.05) is 0 Å². The number of aryl methyl sites for hydroxylation is 4. The molecule has 1 N–H and O–H groups in total. The fourth-order valence-electron chi connectivity index (χ4n) is 2.50. The number of nitrogens with one attached hydrogen (secondary N) is 1. The number of fused-ring (bicyclic) bond motifs is 1. The Bertz CT molecular complexity index is 653. The van der Waals surface area contributed by atoms with Crippen LogP contribution < -0.4 is 5.32 Å². The zero-order valence-electron chi connectivity index (χ0n) is 12.1. The molecule has 5 nitrogen and oxygen atoms in total. The second-order valence-electron chi connectivity index (χ2n) is 5.25. The predicted molar refractivity (Wildman–Crippen MR) is 81.1 cm³/mol. The maximum absolute atomic E-state index is 11.9. The highest BCUT2D eigenvalue weighted by Crippen LogP contribution is 2.18. The van der Waals surface area contributed by atoms with Crippen LogP contribution in [0.15, 0.2) is 11.7 Å². The number of hydrogen-bond acceptors (Lipinski definition) is 5. The van der Waals surface area contributed by atoms with Gasteiger partial charge in [0.2, 0.25) is 5.91 Å². The van der Waals surface area contributed by atoms with E-state index in [1.807, 2.05) is 18.6 Å². The number of thiazole rings is 1. The molecule has 0 saturated carbocycles. The summed E-state index contributed by atoms with van der Waals surface area (Å²) in [7, 11) is 0. The van der Waals surface area contributed by atoms with Gasteiger partial charge in [-0.3, -0.25) is 4.79 Å². The van der Waals surface area contributed by atoms with Gasteiger partial charge in [0.1, 0.15) is 5.82 Å². The van der Waals surface area contributed by atoms with Crippen molar-refractivity contribution in [3.8, 4) is 0 Å². The molecule has 2 heterocycles. The maximum Gasteiger partial charge on any atom is 0.220 e. The first-order valence-corrected chi connectivity index (χ1v) is 8.09. The van der Waals surface area contributed by atoms with Gasteiger partial charge in [0.25, 0.3) is 0 Å². The summed E-state index contributed by atoms with van der Waals surface area (Å²) < 4.78 is 0. The average Bonchev–Trinajstić information content (AvgIpc) is 3.11. The Hall–Kier alpha value is -1.82. The molecule has 0 aliphatic heterocycles. The van der Waals surface area contributed by atoms with Gasteiger partial charge in [0.05, 0.1) is 17.7 Å². The lowest BCUT2D eigenvalue weighted by Crippen LogP contribution is -2.24. The van der Waals surface area contributed by atoms with Crippen molar-refractivity contribution in [3.63, 3.8) is 0 Å². The van der Waals surface area contributed by atoms with Crippen LogP contribution in [0, 0.1) is 6.92 Å². The molecule has 1 aliphatic carbocycles. The Morgan fingerprint density at radius 2 is 2.29 bits per heavy atom. The van der Waals surface area contributed by atoms with Gasteiger partial charge in [0, 0.05) is 23.2 Å². The Balaban J connectivity index is 1.48. The summed E-state index contributed by atoms with van der Waals surface area (Å²) in [6.45, 7) is 2.38. The van der Waals surface area contributed by atoms with E-state index >= 15 is 0 Å². The number of aromatic nitrogens is 3. The van der Waals surface area contributed by atoms with Gasteiger partial charge in [-0.25, -0.2) is 15.0 Å². The molecule has 3 rings (SSSR count). The molecule has 0 aromatic carbocycles. The molecule has 2 aromatic heterocycles. The molecule has 2 aromatic rings. The fraction of sp³-hybridized carbons (Fsp3) is 0.467. The van der Waals surface area contributed by atoms with Gasteiger partial charge in [-0.2, -0.15) is 0 Å². The lowest BCUT2D eigenvalue weighted by molar-refractivity contribution is -0.121. The third-order valence-corrected chi connectivity index (χ3v) is 4.73. The highest BCUT2D eigenvalue weighted by molar-refractivity contribution is 7.09. The van der Waals surface area contributed by atoms with E-state index in [1.165, 1.54) is 10.4 Å². The first-order chi connectivity index (χ1) is 10.2. The van der Waals surface area contributed by atoms with Gasteiger partial charge in [-0.05, 0) is 38.2 Å². The number of nitrogens with zero attached hydrogens (tertiary/aromatic N) is 3. The van der Waals surface area contributed by atoms with E-state index in [4.69, 9.17) is 0 Å². The van der Waals surface area contributed by atoms with Crippen LogP contribution in [0.2, 0.25) is 0 Å². The van der Waals surface area contributed by atoms with Crippen molar-refractivity contribution in [2.24, 2.45) is 0 Å². The molecule has 1 aliphatic rings. The molecule has 1 amide bonds. The summed E-state index contributed by atoms with van der Waals surface area (Å²) in [4.78, 5) is 26.1. The summed E-state index contributed by atoms with van der Waals surface area (Å²) in [5.41, 5.74) is 5.25. The third-order valence-electron chi connectivity index (χ3n) is 3.73. The van der Waals surface area contributed by atoms with Crippen molar-refractivity contribution in [1.29, 1.82) is 0 Å². The minimum atomic E-state index is 0.0342. The highest BCUT2D eigenvalue weighted by Gasteiger charge is 2.13. The zero-order chi connectivity index (χ0) is 14.7. The average molecular weight is 302 g/mol. The van der Waals surface area contributed by atoms with E-state index in [2.05, 4.69) is 20.3 Å². The Morgan fingerprint density at radius 1 is 1.38 bits per heavy atom. The van der Waals surface area contributed by atoms with Gasteiger partial charge < -0.3 is 5.32 Å². The Kier molecular flexibility index (Phi) is 4.24. The number of amides is 1. The van der Waals surface area contributed by atoms with Crippen molar-refractivity contribution in [2.45, 2.75) is 45.6 Å². The SMILES string of the molecule is Cc1ncsc1CCC(=O)NCc1ncc2c(n1)CCC2. The molecule has 0 fully saturated rings. The predicted octanol–water partition coefficient (Wildman–Crippen LogP) is 1.98. The molecule has 0 bridgehead atoms. The largest absolute Gasteiger partial charge is 0.349 e. The molecule has 0 radical (unpaired) electrons. The standard InChI is InChI=1S/C15H18N4OS/c1-10-13(21-9-18-10)5-6-15(20)17-8-14-16-7-11-3-2-4-12(11)19-14/h7,9H,2-6,8H2,1H3,(H,17,20). The summed E-state index contributed by atoms with van der Waals surface area (Å²) in [6.07, 6.45) is 6.40. The van der Waals surface area contributed by atoms with Crippen LogP contribution in [0.25, 0.3) is 0 Å². The highest BCUT2D eigenvalue weighted by atomic mass is 32.1. The summed E-state index contributed by atoms with van der Waals surface area (Å²) in [5.74, 6) is 0.741. The van der Waals surface area contributed by atoms with Crippen molar-refractivity contribution in [2.75, 3.05) is 0 Å². The van der Waals surface area contributed by atoms with Gasteiger partial charge in [-0.15, -0.1) is 11.3 Å². The summed E-state index contributed by atoms with van der Waals surface area (Å²) in [5, 5.41) is 2.89. The molecule has 21 heavy (non-hydrogen) atoms. The molecule has 0 saturated heterocycles. The normalized spacial score (nSPS) is 13.2. The maximum atomic E-state index is 11.9. The number of carbonyl (C=O) groups is 1. The van der Waals surface area contributed by atoms with Crippen LogP contribution >= 0.6 is 11.3 Å². The van der Waals surface area contributed by atoms with E-state index < -0.39 is 0 Å². The summed E-state index contributed by atoms with van der Waals surface area (Å²) >= 11 is 1.60. The smallest absolute Gasteiger partial charge is 0.220 e. The number of carbonyl (C=O) groups excluding carboxylic acids is 1. The topological polar surface area (TPSA) is 67.8 Å². The fourth-order valence-corrected chi connectivity index (χ4v) is 3.28. The third kappa shape index (κ3) is 3.44. The minimum absolute atomic E-state index is 0.0342. The monoisotopic (exact) mass is 302 g/mol. The van der Waals surface area contributed by atoms with E-state index in [9.17, 15) is 4.79 Å². The van der Waals surface area contributed by atoms with E-state index in [0.29, 0.717) is 18.8 Å². The molecular weight excluding hydrogens is 284 g/mol. The van der Waals surface area contributed by atoms with Crippen molar-refractivity contribution < 1.29 is 4.79 Å². The molecule has 6 heteroatoms. The number of hydrogen-bond donors (Lipinski definition) is 1. The van der Waals surface area contributed by atoms with Crippen molar-refractivity contribution >= 4 is 17.2 Å². The lowest BCUT2D eigenvalue weighted by atomic mass is 10.2. The lowest BCUT2D eigenvalue weighted by Gasteiger charge is -2.05. The Labute approximate surface area is 127 Å². The van der Waals surface area contributed by atoms with Gasteiger partial charge >= 0.3 is 0 Å². The van der Waals surface area contributed by atoms with Crippen LogP contribution in [0.1, 0.15) is 40.5 Å². The van der Waals surface area contributed by atoms with E-state index in [-0.39, 0.29) is 5.91 Å². The molecule has 110 valence electrons. The number of rotatable bonds is 5. The second-order valence-corrected chi connectivity index (χ2v) is 6.19. The molecule has 0 spiro atoms. The molecule has 0 unspecified atom stereocenters. The quantitative estimate of drug-likeness (QED) is 0.917. The van der Waals surface area contributed by atoms with Crippen LogP contribution in [0.5, 0.6) is 0 Å². The second kappa shape index (κ2) is 6.30.